The molecule has 4 nitrogen and oxygen atoms in total. The molecule has 0 aliphatic rings. The quantitative estimate of drug-likeness (QED) is 0.758. The first-order valence-corrected chi connectivity index (χ1v) is 7.77. The van der Waals surface area contributed by atoms with Gasteiger partial charge >= 0.3 is 0 Å². The monoisotopic (exact) mass is 321 g/mol. The van der Waals surface area contributed by atoms with Gasteiger partial charge in [-0.3, -0.25) is 4.79 Å². The van der Waals surface area contributed by atoms with Crippen LogP contribution in [0.5, 0.6) is 5.75 Å². The third-order valence-electron chi connectivity index (χ3n) is 3.97. The van der Waals surface area contributed by atoms with Crippen LogP contribution >= 0.6 is 0 Å². The van der Waals surface area contributed by atoms with Gasteiger partial charge in [-0.15, -0.1) is 0 Å². The van der Waals surface area contributed by atoms with Crippen LogP contribution in [0.15, 0.2) is 66.7 Å². The molecule has 4 heteroatoms. The van der Waals surface area contributed by atoms with E-state index in [-0.39, 0.29) is 12.5 Å². The Balaban J connectivity index is 1.70. The fourth-order valence-corrected chi connectivity index (χ4v) is 2.65. The van der Waals surface area contributed by atoms with Gasteiger partial charge in [-0.2, -0.15) is 0 Å². The van der Waals surface area contributed by atoms with Crippen molar-refractivity contribution in [2.45, 2.75) is 6.10 Å². The minimum atomic E-state index is -0.770. The third-order valence-corrected chi connectivity index (χ3v) is 3.97. The maximum Gasteiger partial charge on any atom is 0.255 e. The number of amides is 1. The van der Waals surface area contributed by atoms with Crippen molar-refractivity contribution in [2.75, 3.05) is 13.7 Å². The van der Waals surface area contributed by atoms with Gasteiger partial charge < -0.3 is 15.2 Å². The molecule has 0 bridgehead atoms. The van der Waals surface area contributed by atoms with Crippen LogP contribution < -0.4 is 10.1 Å². The van der Waals surface area contributed by atoms with E-state index in [1.807, 2.05) is 42.5 Å². The summed E-state index contributed by atoms with van der Waals surface area (Å²) in [6.07, 6.45) is -0.770. The predicted octanol–water partition coefficient (Wildman–Crippen LogP) is 3.31. The van der Waals surface area contributed by atoms with Crippen molar-refractivity contribution in [2.24, 2.45) is 0 Å². The van der Waals surface area contributed by atoms with E-state index in [4.69, 9.17) is 4.74 Å². The first kappa shape index (κ1) is 16.0. The Morgan fingerprint density at radius 3 is 2.54 bits per heavy atom. The normalized spacial score (nSPS) is 11.9. The minimum Gasteiger partial charge on any atom is -0.496 e. The molecule has 24 heavy (non-hydrogen) atoms. The van der Waals surface area contributed by atoms with Crippen molar-refractivity contribution in [3.05, 3.63) is 77.9 Å². The molecule has 1 unspecified atom stereocenters. The summed E-state index contributed by atoms with van der Waals surface area (Å²) in [4.78, 5) is 12.3. The van der Waals surface area contributed by atoms with Gasteiger partial charge in [-0.25, -0.2) is 0 Å². The molecule has 1 amide bonds. The van der Waals surface area contributed by atoms with E-state index >= 15 is 0 Å². The molecule has 2 N–H and O–H groups in total. The van der Waals surface area contributed by atoms with Crippen molar-refractivity contribution in [3.63, 3.8) is 0 Å². The predicted molar refractivity (Wildman–Crippen MR) is 94.2 cm³/mol. The van der Waals surface area contributed by atoms with Gasteiger partial charge in [0.2, 0.25) is 0 Å². The number of benzene rings is 3. The molecule has 3 rings (SSSR count). The average molecular weight is 321 g/mol. The van der Waals surface area contributed by atoms with Crippen LogP contribution in [0.1, 0.15) is 22.0 Å². The number of ether oxygens (including phenoxy) is 1. The highest BCUT2D eigenvalue weighted by molar-refractivity contribution is 5.96. The van der Waals surface area contributed by atoms with Crippen LogP contribution in [0.3, 0.4) is 0 Å². The molecule has 0 aromatic heterocycles. The number of para-hydroxylation sites is 1. The smallest absolute Gasteiger partial charge is 0.255 e. The van der Waals surface area contributed by atoms with Crippen LogP contribution in [0, 0.1) is 0 Å². The van der Waals surface area contributed by atoms with Crippen molar-refractivity contribution in [3.8, 4) is 5.75 Å². The lowest BCUT2D eigenvalue weighted by Crippen LogP contribution is -2.28. The molecule has 1 atom stereocenters. The molecule has 0 aliphatic heterocycles. The molecular weight excluding hydrogens is 302 g/mol. The summed E-state index contributed by atoms with van der Waals surface area (Å²) in [6.45, 7) is 0.134. The summed E-state index contributed by atoms with van der Waals surface area (Å²) >= 11 is 0. The average Bonchev–Trinajstić information content (AvgIpc) is 2.65. The molecular formula is C20H19NO3. The lowest BCUT2D eigenvalue weighted by atomic mass is 10.0. The van der Waals surface area contributed by atoms with Crippen LogP contribution in [0.25, 0.3) is 10.8 Å². The van der Waals surface area contributed by atoms with Crippen molar-refractivity contribution in [1.82, 2.24) is 5.32 Å². The number of nitrogens with one attached hydrogen (secondary N) is 1. The van der Waals surface area contributed by atoms with Gasteiger partial charge in [0.05, 0.1) is 18.8 Å². The summed E-state index contributed by atoms with van der Waals surface area (Å²) in [7, 11) is 1.52. The second-order valence-corrected chi connectivity index (χ2v) is 5.53. The standard InChI is InChI=1S/C20H19NO3/c1-24-19-9-5-4-8-17(19)20(23)21-13-18(22)16-11-10-14-6-2-3-7-15(14)12-16/h2-12,18,22H,13H2,1H3,(H,21,23). The number of aliphatic hydroxyl groups is 1. The van der Waals surface area contributed by atoms with Crippen LogP contribution in [-0.2, 0) is 0 Å². The lowest BCUT2D eigenvalue weighted by molar-refractivity contribution is 0.0913. The van der Waals surface area contributed by atoms with Crippen LogP contribution in [-0.4, -0.2) is 24.7 Å². The molecule has 122 valence electrons. The molecule has 0 aliphatic carbocycles. The number of hydrogen-bond acceptors (Lipinski definition) is 3. The van der Waals surface area contributed by atoms with Gasteiger partial charge in [0, 0.05) is 6.54 Å². The zero-order chi connectivity index (χ0) is 16.9. The highest BCUT2D eigenvalue weighted by atomic mass is 16.5. The minimum absolute atomic E-state index is 0.134. The second-order valence-electron chi connectivity index (χ2n) is 5.53. The van der Waals surface area contributed by atoms with Gasteiger partial charge in [0.1, 0.15) is 5.75 Å². The molecule has 0 spiro atoms. The molecule has 3 aromatic carbocycles. The number of fused-ring (bicyclic) bond motifs is 1. The number of rotatable bonds is 5. The van der Waals surface area contributed by atoms with Crippen molar-refractivity contribution < 1.29 is 14.6 Å². The molecule has 0 saturated heterocycles. The van der Waals surface area contributed by atoms with E-state index in [0.29, 0.717) is 11.3 Å². The Labute approximate surface area is 140 Å². The zero-order valence-electron chi connectivity index (χ0n) is 13.4. The highest BCUT2D eigenvalue weighted by Crippen LogP contribution is 2.21. The first-order valence-electron chi connectivity index (χ1n) is 7.77. The summed E-state index contributed by atoms with van der Waals surface area (Å²) < 4.78 is 5.18. The topological polar surface area (TPSA) is 58.6 Å². The summed E-state index contributed by atoms with van der Waals surface area (Å²) in [5.74, 6) is 0.238. The molecule has 0 radical (unpaired) electrons. The highest BCUT2D eigenvalue weighted by Gasteiger charge is 2.14. The van der Waals surface area contributed by atoms with E-state index in [9.17, 15) is 9.90 Å². The maximum absolute atomic E-state index is 12.3. The summed E-state index contributed by atoms with van der Waals surface area (Å²) in [5.41, 5.74) is 1.22. The van der Waals surface area contributed by atoms with Crippen molar-refractivity contribution >= 4 is 16.7 Å². The Bertz CT molecular complexity index is 860. The van der Waals surface area contributed by atoms with Crippen molar-refractivity contribution in [1.29, 1.82) is 0 Å². The SMILES string of the molecule is COc1ccccc1C(=O)NCC(O)c1ccc2ccccc2c1. The fourth-order valence-electron chi connectivity index (χ4n) is 2.65. The Morgan fingerprint density at radius 2 is 1.75 bits per heavy atom. The Morgan fingerprint density at radius 1 is 1.04 bits per heavy atom. The van der Waals surface area contributed by atoms with Gasteiger partial charge in [0.15, 0.2) is 0 Å². The lowest BCUT2D eigenvalue weighted by Gasteiger charge is -2.14. The Kier molecular flexibility index (Phi) is 4.77. The van der Waals surface area contributed by atoms with E-state index in [1.54, 1.807) is 24.3 Å². The summed E-state index contributed by atoms with van der Waals surface area (Å²) in [6, 6.07) is 20.7. The fraction of sp³-hybridized carbons (Fsp3) is 0.150. The summed E-state index contributed by atoms with van der Waals surface area (Å²) in [5, 5.41) is 15.3. The molecule has 0 heterocycles. The first-order chi connectivity index (χ1) is 11.7. The molecule has 3 aromatic rings. The van der Waals surface area contributed by atoms with Crippen LogP contribution in [0.2, 0.25) is 0 Å². The van der Waals surface area contributed by atoms with E-state index in [2.05, 4.69) is 5.32 Å². The van der Waals surface area contributed by atoms with Gasteiger partial charge in [0.25, 0.3) is 5.91 Å². The number of hydrogen-bond donors (Lipinski definition) is 2. The number of aliphatic hydroxyl groups excluding tert-OH is 1. The number of carbonyl (C=O) groups is 1. The zero-order valence-corrected chi connectivity index (χ0v) is 13.4. The maximum atomic E-state index is 12.3. The number of methoxy groups -OCH3 is 1. The molecule has 0 fully saturated rings. The third kappa shape index (κ3) is 3.39. The van der Waals surface area contributed by atoms with Crippen LogP contribution in [0.4, 0.5) is 0 Å². The van der Waals surface area contributed by atoms with Gasteiger partial charge in [-0.05, 0) is 34.5 Å². The largest absolute Gasteiger partial charge is 0.496 e. The van der Waals surface area contributed by atoms with E-state index in [0.717, 1.165) is 16.3 Å². The number of carbonyl (C=O) groups excluding carboxylic acids is 1. The van der Waals surface area contributed by atoms with Gasteiger partial charge in [-0.1, -0.05) is 48.5 Å². The van der Waals surface area contributed by atoms with E-state index < -0.39 is 6.10 Å². The molecule has 0 saturated carbocycles. The Hall–Kier alpha value is -2.85. The van der Waals surface area contributed by atoms with E-state index in [1.165, 1.54) is 7.11 Å². The second kappa shape index (κ2) is 7.15.